The third kappa shape index (κ3) is 3.15. The van der Waals surface area contributed by atoms with Gasteiger partial charge >= 0.3 is 0 Å². The summed E-state index contributed by atoms with van der Waals surface area (Å²) < 4.78 is 39.4. The number of hydrogen-bond donors (Lipinski definition) is 2. The van der Waals surface area contributed by atoms with Gasteiger partial charge < -0.3 is 10.6 Å². The molecule has 2 N–H and O–H groups in total. The zero-order chi connectivity index (χ0) is 13.8. The van der Waals surface area contributed by atoms with Gasteiger partial charge in [0, 0.05) is 19.7 Å². The van der Waals surface area contributed by atoms with Crippen molar-refractivity contribution in [2.45, 2.75) is 6.54 Å². The van der Waals surface area contributed by atoms with Gasteiger partial charge in [0.05, 0.1) is 0 Å². The van der Waals surface area contributed by atoms with Crippen LogP contribution in [0.2, 0.25) is 0 Å². The van der Waals surface area contributed by atoms with Crippen LogP contribution in [0.5, 0.6) is 0 Å². The Morgan fingerprint density at radius 1 is 1.00 bits per heavy atom. The van der Waals surface area contributed by atoms with E-state index in [-0.39, 0.29) is 24.0 Å². The lowest BCUT2D eigenvalue weighted by atomic mass is 10.2. The first-order valence-corrected chi connectivity index (χ1v) is 5.62. The van der Waals surface area contributed by atoms with Crippen molar-refractivity contribution in [1.82, 2.24) is 4.98 Å². The van der Waals surface area contributed by atoms with Crippen LogP contribution in [0.3, 0.4) is 0 Å². The highest BCUT2D eigenvalue weighted by molar-refractivity contribution is 5.47. The summed E-state index contributed by atoms with van der Waals surface area (Å²) in [6.07, 6.45) is 0. The molecule has 6 heteroatoms. The van der Waals surface area contributed by atoms with Gasteiger partial charge in [0.2, 0.25) is 0 Å². The molecule has 3 nitrogen and oxygen atoms in total. The van der Waals surface area contributed by atoms with E-state index in [1.54, 1.807) is 12.1 Å². The standard InChI is InChI=1S/C13H12F3N3/c1-17-12-10(15)6-11(16)13(19-12)18-7-8-2-4-9(14)5-3-8/h2-6H,7H2,1H3,(H2,17,18,19). The van der Waals surface area contributed by atoms with Crippen molar-refractivity contribution in [3.05, 3.63) is 53.3 Å². The van der Waals surface area contributed by atoms with Crippen LogP contribution in [0.4, 0.5) is 24.8 Å². The molecule has 1 aromatic carbocycles. The fourth-order valence-corrected chi connectivity index (χ4v) is 1.55. The molecule has 0 aliphatic carbocycles. The number of halogens is 3. The first kappa shape index (κ1) is 13.2. The van der Waals surface area contributed by atoms with Crippen molar-refractivity contribution in [3.63, 3.8) is 0 Å². The SMILES string of the molecule is CNc1nc(NCc2ccc(F)cc2)c(F)cc1F. The summed E-state index contributed by atoms with van der Waals surface area (Å²) in [5.74, 6) is -1.98. The van der Waals surface area contributed by atoms with Crippen LogP contribution in [0.1, 0.15) is 5.56 Å². The summed E-state index contributed by atoms with van der Waals surface area (Å²) in [7, 11) is 1.49. The first-order chi connectivity index (χ1) is 9.10. The third-order valence-electron chi connectivity index (χ3n) is 2.54. The molecule has 2 rings (SSSR count). The summed E-state index contributed by atoms with van der Waals surface area (Å²) in [6.45, 7) is 0.263. The summed E-state index contributed by atoms with van der Waals surface area (Å²) in [4.78, 5) is 3.78. The van der Waals surface area contributed by atoms with Gasteiger partial charge in [0.25, 0.3) is 0 Å². The molecule has 19 heavy (non-hydrogen) atoms. The molecule has 0 saturated heterocycles. The van der Waals surface area contributed by atoms with Crippen molar-refractivity contribution in [2.24, 2.45) is 0 Å². The second-order valence-electron chi connectivity index (χ2n) is 3.88. The molecule has 0 bridgehead atoms. The summed E-state index contributed by atoms with van der Waals surface area (Å²) >= 11 is 0. The Bertz CT molecular complexity index is 570. The zero-order valence-corrected chi connectivity index (χ0v) is 10.2. The second-order valence-corrected chi connectivity index (χ2v) is 3.88. The summed E-state index contributed by atoms with van der Waals surface area (Å²) in [5.41, 5.74) is 0.762. The van der Waals surface area contributed by atoms with Gasteiger partial charge in [-0.2, -0.15) is 0 Å². The van der Waals surface area contributed by atoms with Crippen LogP contribution in [-0.2, 0) is 6.54 Å². The van der Waals surface area contributed by atoms with Crippen LogP contribution < -0.4 is 10.6 Å². The van der Waals surface area contributed by atoms with E-state index in [0.717, 1.165) is 11.6 Å². The van der Waals surface area contributed by atoms with E-state index in [0.29, 0.717) is 0 Å². The van der Waals surface area contributed by atoms with E-state index >= 15 is 0 Å². The summed E-state index contributed by atoms with van der Waals surface area (Å²) in [6, 6.07) is 6.52. The van der Waals surface area contributed by atoms with Gasteiger partial charge in [0.15, 0.2) is 23.3 Å². The number of hydrogen-bond acceptors (Lipinski definition) is 3. The van der Waals surface area contributed by atoms with E-state index in [4.69, 9.17) is 0 Å². The number of rotatable bonds is 4. The van der Waals surface area contributed by atoms with Crippen LogP contribution >= 0.6 is 0 Å². The van der Waals surface area contributed by atoms with E-state index in [1.807, 2.05) is 0 Å². The largest absolute Gasteiger partial charge is 0.371 e. The third-order valence-corrected chi connectivity index (χ3v) is 2.54. The molecular weight excluding hydrogens is 255 g/mol. The maximum Gasteiger partial charge on any atom is 0.168 e. The topological polar surface area (TPSA) is 37.0 Å². The number of aromatic nitrogens is 1. The van der Waals surface area contributed by atoms with Gasteiger partial charge in [-0.3, -0.25) is 0 Å². The predicted octanol–water partition coefficient (Wildman–Crippen LogP) is 3.15. The molecule has 0 unspecified atom stereocenters. The molecular formula is C13H12F3N3. The minimum absolute atomic E-state index is 0.0389. The zero-order valence-electron chi connectivity index (χ0n) is 10.2. The number of anilines is 2. The smallest absolute Gasteiger partial charge is 0.168 e. The molecule has 100 valence electrons. The molecule has 0 atom stereocenters. The quantitative estimate of drug-likeness (QED) is 0.893. The molecule has 0 aliphatic rings. The second kappa shape index (κ2) is 5.60. The number of nitrogens with one attached hydrogen (secondary N) is 2. The van der Waals surface area contributed by atoms with Crippen molar-refractivity contribution in [1.29, 1.82) is 0 Å². The molecule has 1 heterocycles. The fraction of sp³-hybridized carbons (Fsp3) is 0.154. The molecule has 0 saturated carbocycles. The number of nitrogens with zero attached hydrogens (tertiary/aromatic N) is 1. The highest BCUT2D eigenvalue weighted by Gasteiger charge is 2.10. The first-order valence-electron chi connectivity index (χ1n) is 5.62. The number of benzene rings is 1. The minimum Gasteiger partial charge on any atom is -0.371 e. The van der Waals surface area contributed by atoms with Gasteiger partial charge in [-0.15, -0.1) is 0 Å². The average molecular weight is 267 g/mol. The average Bonchev–Trinajstić information content (AvgIpc) is 2.40. The monoisotopic (exact) mass is 267 g/mol. The Hall–Kier alpha value is -2.24. The van der Waals surface area contributed by atoms with Crippen molar-refractivity contribution < 1.29 is 13.2 Å². The molecule has 2 aromatic rings. The molecule has 0 amide bonds. The highest BCUT2D eigenvalue weighted by Crippen LogP contribution is 2.19. The van der Waals surface area contributed by atoms with Crippen LogP contribution in [-0.4, -0.2) is 12.0 Å². The Labute approximate surface area is 108 Å². The van der Waals surface area contributed by atoms with E-state index in [9.17, 15) is 13.2 Å². The van der Waals surface area contributed by atoms with Gasteiger partial charge in [-0.05, 0) is 17.7 Å². The van der Waals surface area contributed by atoms with Crippen LogP contribution in [0.15, 0.2) is 30.3 Å². The Balaban J connectivity index is 2.13. The Morgan fingerprint density at radius 2 is 1.63 bits per heavy atom. The van der Waals surface area contributed by atoms with Gasteiger partial charge in [0.1, 0.15) is 5.82 Å². The normalized spacial score (nSPS) is 10.3. The highest BCUT2D eigenvalue weighted by atomic mass is 19.1. The van der Waals surface area contributed by atoms with Gasteiger partial charge in [-0.25, -0.2) is 18.2 Å². The predicted molar refractivity (Wildman–Crippen MR) is 67.4 cm³/mol. The van der Waals surface area contributed by atoms with Crippen molar-refractivity contribution >= 4 is 11.6 Å². The lowest BCUT2D eigenvalue weighted by Crippen LogP contribution is -2.07. The molecule has 0 fully saturated rings. The molecule has 0 radical (unpaired) electrons. The molecule has 0 aliphatic heterocycles. The molecule has 0 spiro atoms. The number of pyridine rings is 1. The van der Waals surface area contributed by atoms with Crippen LogP contribution in [0.25, 0.3) is 0 Å². The van der Waals surface area contributed by atoms with Crippen molar-refractivity contribution in [3.8, 4) is 0 Å². The molecule has 1 aromatic heterocycles. The maximum atomic E-state index is 13.5. The van der Waals surface area contributed by atoms with E-state index in [2.05, 4.69) is 15.6 Å². The van der Waals surface area contributed by atoms with Crippen LogP contribution in [0, 0.1) is 17.5 Å². The Kier molecular flexibility index (Phi) is 3.89. The Morgan fingerprint density at radius 3 is 2.26 bits per heavy atom. The lowest BCUT2D eigenvalue weighted by molar-refractivity contribution is 0.578. The maximum absolute atomic E-state index is 13.5. The van der Waals surface area contributed by atoms with E-state index in [1.165, 1.54) is 19.2 Å². The van der Waals surface area contributed by atoms with E-state index < -0.39 is 11.6 Å². The minimum atomic E-state index is -0.779. The van der Waals surface area contributed by atoms with Gasteiger partial charge in [-0.1, -0.05) is 12.1 Å². The van der Waals surface area contributed by atoms with Crippen molar-refractivity contribution in [2.75, 3.05) is 17.7 Å². The lowest BCUT2D eigenvalue weighted by Gasteiger charge is -2.09. The fourth-order valence-electron chi connectivity index (χ4n) is 1.55. The summed E-state index contributed by atoms with van der Waals surface area (Å²) in [5, 5.41) is 5.26.